The van der Waals surface area contributed by atoms with Gasteiger partial charge in [-0.25, -0.2) is 9.78 Å². The molecule has 4 atom stereocenters. The molecule has 0 saturated heterocycles. The van der Waals surface area contributed by atoms with E-state index in [1.54, 1.807) is 26.0 Å². The van der Waals surface area contributed by atoms with E-state index in [4.69, 9.17) is 11.5 Å². The summed E-state index contributed by atoms with van der Waals surface area (Å²) in [5.74, 6) is -3.49. The lowest BCUT2D eigenvalue weighted by Crippen LogP contribution is -2.58. The van der Waals surface area contributed by atoms with Crippen LogP contribution in [-0.4, -0.2) is 74.6 Å². The number of H-pyrrole nitrogens is 1. The molecule has 2 rings (SSSR count). The van der Waals surface area contributed by atoms with Gasteiger partial charge < -0.3 is 42.6 Å². The summed E-state index contributed by atoms with van der Waals surface area (Å²) in [4.78, 5) is 57.9. The van der Waals surface area contributed by atoms with Gasteiger partial charge in [0.15, 0.2) is 0 Å². The number of carboxylic acid groups (broad SMARTS) is 1. The number of unbranched alkanes of at least 4 members (excludes halogenated alkanes) is 1. The van der Waals surface area contributed by atoms with E-state index in [2.05, 4.69) is 25.9 Å². The predicted octanol–water partition coefficient (Wildman–Crippen LogP) is -0.448. The number of aliphatic carboxylic acids is 1. The summed E-state index contributed by atoms with van der Waals surface area (Å²) in [5, 5.41) is 26.9. The number of carboxylic acids is 1. The van der Waals surface area contributed by atoms with Crippen LogP contribution in [0.2, 0.25) is 0 Å². The van der Waals surface area contributed by atoms with Crippen LogP contribution in [0, 0.1) is 5.92 Å². The number of nitrogens with two attached hydrogens (primary N) is 2. The molecule has 1 aromatic carbocycles. The minimum atomic E-state index is -1.21. The van der Waals surface area contributed by atoms with Crippen molar-refractivity contribution in [3.05, 3.63) is 48.0 Å². The summed E-state index contributed by atoms with van der Waals surface area (Å²) in [6.07, 6.45) is 4.74. The molecule has 0 aliphatic heterocycles. The number of carbonyl (C=O) groups is 4. The molecular weight excluding hydrogens is 506 g/mol. The van der Waals surface area contributed by atoms with Gasteiger partial charge in [0, 0.05) is 24.7 Å². The number of rotatable bonds is 16. The number of benzene rings is 1. The molecule has 10 N–H and O–H groups in total. The third-order valence-corrected chi connectivity index (χ3v) is 6.16. The van der Waals surface area contributed by atoms with Crippen LogP contribution < -0.4 is 27.4 Å². The number of hydrogen-bond acceptors (Lipinski definition) is 8. The fourth-order valence-electron chi connectivity index (χ4n) is 3.86. The summed E-state index contributed by atoms with van der Waals surface area (Å²) in [5.41, 5.74) is 12.7. The van der Waals surface area contributed by atoms with Crippen LogP contribution in [0.4, 0.5) is 0 Å². The second-order valence-electron chi connectivity index (χ2n) is 9.73. The summed E-state index contributed by atoms with van der Waals surface area (Å²) in [6, 6.07) is 1.74. The zero-order valence-electron chi connectivity index (χ0n) is 22.2. The van der Waals surface area contributed by atoms with Gasteiger partial charge in [0.1, 0.15) is 23.9 Å². The SMILES string of the molecule is CC(C)C(NC(=O)C(Cc1ccc(O)cc1)NC(=O)C(Cc1cnc[nH]1)NC(=O)C(N)CCCCN)C(=O)O. The van der Waals surface area contributed by atoms with E-state index in [9.17, 15) is 29.4 Å². The van der Waals surface area contributed by atoms with Gasteiger partial charge >= 0.3 is 5.97 Å². The average Bonchev–Trinajstić information content (AvgIpc) is 3.40. The van der Waals surface area contributed by atoms with E-state index < -0.39 is 53.8 Å². The largest absolute Gasteiger partial charge is 0.508 e. The lowest BCUT2D eigenvalue weighted by Gasteiger charge is -2.26. The maximum absolute atomic E-state index is 13.4. The third kappa shape index (κ3) is 10.4. The highest BCUT2D eigenvalue weighted by Gasteiger charge is 2.31. The Hall–Kier alpha value is -3.97. The van der Waals surface area contributed by atoms with E-state index in [0.717, 1.165) is 0 Å². The highest BCUT2D eigenvalue weighted by Crippen LogP contribution is 2.13. The number of amides is 3. The molecule has 0 spiro atoms. The number of aromatic nitrogens is 2. The smallest absolute Gasteiger partial charge is 0.326 e. The van der Waals surface area contributed by atoms with E-state index in [-0.39, 0.29) is 18.6 Å². The highest BCUT2D eigenvalue weighted by atomic mass is 16.4. The Kier molecular flexibility index (Phi) is 12.4. The standard InChI is InChI=1S/C26H39N7O6/c1-15(2)22(26(38)39)33-25(37)20(11-16-6-8-18(34)9-7-16)32-24(36)21(12-17-13-29-14-30-17)31-23(35)19(28)5-3-4-10-27/h6-9,13-15,19-22,34H,3-5,10-12,27-28H2,1-2H3,(H,29,30)(H,31,35)(H,32,36)(H,33,37)(H,38,39). The first-order valence-corrected chi connectivity index (χ1v) is 12.9. The van der Waals surface area contributed by atoms with E-state index in [1.807, 2.05) is 0 Å². The summed E-state index contributed by atoms with van der Waals surface area (Å²) < 4.78 is 0. The zero-order valence-corrected chi connectivity index (χ0v) is 22.2. The minimum absolute atomic E-state index is 0.00557. The zero-order chi connectivity index (χ0) is 28.9. The number of imidazole rings is 1. The van der Waals surface area contributed by atoms with Crippen LogP contribution in [-0.2, 0) is 32.0 Å². The number of aromatic amines is 1. The van der Waals surface area contributed by atoms with Crippen molar-refractivity contribution in [1.29, 1.82) is 0 Å². The molecule has 39 heavy (non-hydrogen) atoms. The molecule has 3 amide bonds. The minimum Gasteiger partial charge on any atom is -0.508 e. The molecule has 0 aliphatic carbocycles. The van der Waals surface area contributed by atoms with Gasteiger partial charge in [-0.1, -0.05) is 32.4 Å². The first kappa shape index (κ1) is 31.2. The first-order chi connectivity index (χ1) is 18.5. The van der Waals surface area contributed by atoms with Crippen LogP contribution in [0.3, 0.4) is 0 Å². The number of hydrogen-bond donors (Lipinski definition) is 8. The maximum atomic E-state index is 13.4. The number of aromatic hydroxyl groups is 1. The fourth-order valence-corrected chi connectivity index (χ4v) is 3.86. The van der Waals surface area contributed by atoms with Crippen molar-refractivity contribution in [2.75, 3.05) is 6.54 Å². The molecule has 0 saturated carbocycles. The van der Waals surface area contributed by atoms with E-state index in [0.29, 0.717) is 37.1 Å². The molecule has 1 heterocycles. The van der Waals surface area contributed by atoms with Gasteiger partial charge in [0.25, 0.3) is 0 Å². The van der Waals surface area contributed by atoms with Crippen molar-refractivity contribution < 1.29 is 29.4 Å². The molecule has 214 valence electrons. The van der Waals surface area contributed by atoms with Crippen LogP contribution in [0.25, 0.3) is 0 Å². The van der Waals surface area contributed by atoms with E-state index in [1.165, 1.54) is 24.7 Å². The van der Waals surface area contributed by atoms with Crippen molar-refractivity contribution in [2.24, 2.45) is 17.4 Å². The van der Waals surface area contributed by atoms with E-state index >= 15 is 0 Å². The fraction of sp³-hybridized carbons (Fsp3) is 0.500. The van der Waals surface area contributed by atoms with Gasteiger partial charge in [-0.05, 0) is 43.0 Å². The van der Waals surface area contributed by atoms with Crippen molar-refractivity contribution in [3.8, 4) is 5.75 Å². The number of nitrogens with one attached hydrogen (secondary N) is 4. The summed E-state index contributed by atoms with van der Waals surface area (Å²) >= 11 is 0. The van der Waals surface area contributed by atoms with Gasteiger partial charge in [0.05, 0.1) is 12.4 Å². The lowest BCUT2D eigenvalue weighted by atomic mass is 10.0. The van der Waals surface area contributed by atoms with Gasteiger partial charge in [0.2, 0.25) is 17.7 Å². The molecule has 0 aliphatic rings. The molecule has 4 unspecified atom stereocenters. The Morgan fingerprint density at radius 1 is 0.949 bits per heavy atom. The normalized spacial score (nSPS) is 14.2. The van der Waals surface area contributed by atoms with Crippen molar-refractivity contribution >= 4 is 23.7 Å². The Balaban J connectivity index is 2.26. The average molecular weight is 546 g/mol. The Bertz CT molecular complexity index is 1070. The topological polar surface area (TPSA) is 226 Å². The second kappa shape index (κ2) is 15.4. The number of nitrogens with zero attached hydrogens (tertiary/aromatic N) is 1. The molecular formula is C26H39N7O6. The van der Waals surface area contributed by atoms with Gasteiger partial charge in [-0.3, -0.25) is 14.4 Å². The second-order valence-corrected chi connectivity index (χ2v) is 9.73. The molecule has 0 radical (unpaired) electrons. The first-order valence-electron chi connectivity index (χ1n) is 12.9. The Morgan fingerprint density at radius 3 is 2.13 bits per heavy atom. The molecule has 2 aromatic rings. The molecule has 13 nitrogen and oxygen atoms in total. The molecule has 1 aromatic heterocycles. The van der Waals surface area contributed by atoms with Gasteiger partial charge in [-0.2, -0.15) is 0 Å². The number of phenols is 1. The lowest BCUT2D eigenvalue weighted by molar-refractivity contribution is -0.143. The summed E-state index contributed by atoms with van der Waals surface area (Å²) in [6.45, 7) is 3.78. The third-order valence-electron chi connectivity index (χ3n) is 6.16. The van der Waals surface area contributed by atoms with Crippen LogP contribution >= 0.6 is 0 Å². The maximum Gasteiger partial charge on any atom is 0.326 e. The Morgan fingerprint density at radius 2 is 1.56 bits per heavy atom. The molecule has 0 fully saturated rings. The predicted molar refractivity (Wildman–Crippen MR) is 143 cm³/mol. The summed E-state index contributed by atoms with van der Waals surface area (Å²) in [7, 11) is 0. The van der Waals surface area contributed by atoms with Gasteiger partial charge in [-0.15, -0.1) is 0 Å². The van der Waals surface area contributed by atoms with Crippen LogP contribution in [0.5, 0.6) is 5.75 Å². The molecule has 0 bridgehead atoms. The number of carbonyl (C=O) groups excluding carboxylic acids is 3. The number of phenolic OH excluding ortho intramolecular Hbond substituents is 1. The quantitative estimate of drug-likeness (QED) is 0.128. The monoisotopic (exact) mass is 545 g/mol. The van der Waals surface area contributed by atoms with Crippen molar-refractivity contribution in [3.63, 3.8) is 0 Å². The van der Waals surface area contributed by atoms with Crippen LogP contribution in [0.15, 0.2) is 36.8 Å². The van der Waals surface area contributed by atoms with Crippen molar-refractivity contribution in [1.82, 2.24) is 25.9 Å². The molecule has 13 heteroatoms. The highest BCUT2D eigenvalue weighted by molar-refractivity contribution is 5.94. The van der Waals surface area contributed by atoms with Crippen LogP contribution in [0.1, 0.15) is 44.4 Å². The van der Waals surface area contributed by atoms with Crippen molar-refractivity contribution in [2.45, 2.75) is 70.1 Å². The Labute approximate surface area is 227 Å².